The van der Waals surface area contributed by atoms with Crippen molar-refractivity contribution in [3.05, 3.63) is 65.5 Å². The van der Waals surface area contributed by atoms with Gasteiger partial charge in [-0.1, -0.05) is 30.3 Å². The molecule has 1 heterocycles. The van der Waals surface area contributed by atoms with Gasteiger partial charge < -0.3 is 10.0 Å². The van der Waals surface area contributed by atoms with E-state index >= 15 is 0 Å². The van der Waals surface area contributed by atoms with Gasteiger partial charge in [0.15, 0.2) is 0 Å². The van der Waals surface area contributed by atoms with E-state index in [1.165, 1.54) is 24.3 Å². The summed E-state index contributed by atoms with van der Waals surface area (Å²) < 4.78 is 13.2. The highest BCUT2D eigenvalue weighted by Gasteiger charge is 2.42. The van der Waals surface area contributed by atoms with E-state index in [0.717, 1.165) is 17.7 Å². The Morgan fingerprint density at radius 3 is 2.50 bits per heavy atom. The van der Waals surface area contributed by atoms with Crippen LogP contribution in [0.25, 0.3) is 0 Å². The molecule has 1 amide bonds. The van der Waals surface area contributed by atoms with Gasteiger partial charge in [0.25, 0.3) is 0 Å². The summed E-state index contributed by atoms with van der Waals surface area (Å²) in [6, 6.07) is 13.1. The molecule has 1 unspecified atom stereocenters. The van der Waals surface area contributed by atoms with E-state index < -0.39 is 17.2 Å². The highest BCUT2D eigenvalue weighted by Crippen LogP contribution is 2.36. The van der Waals surface area contributed by atoms with Crippen molar-refractivity contribution in [3.63, 3.8) is 0 Å². The fourth-order valence-corrected chi connectivity index (χ4v) is 3.27. The first-order chi connectivity index (χ1) is 11.4. The van der Waals surface area contributed by atoms with Crippen molar-refractivity contribution in [2.75, 3.05) is 11.4 Å². The molecule has 0 radical (unpaired) electrons. The maximum absolute atomic E-state index is 13.2. The quantitative estimate of drug-likeness (QED) is 0.938. The third kappa shape index (κ3) is 2.77. The molecule has 24 heavy (non-hydrogen) atoms. The molecular formula is C19H18FNO3. The second-order valence-corrected chi connectivity index (χ2v) is 6.25. The number of hydrogen-bond acceptors (Lipinski definition) is 2. The number of carboxylic acids is 1. The Bertz CT molecular complexity index is 787. The minimum atomic E-state index is -1.25. The average Bonchev–Trinajstić information content (AvgIpc) is 2.98. The van der Waals surface area contributed by atoms with E-state index in [1.54, 1.807) is 11.8 Å². The van der Waals surface area contributed by atoms with E-state index in [0.29, 0.717) is 12.1 Å². The van der Waals surface area contributed by atoms with E-state index in [9.17, 15) is 19.1 Å². The lowest BCUT2D eigenvalue weighted by atomic mass is 9.78. The second-order valence-electron chi connectivity index (χ2n) is 6.25. The molecule has 2 aromatic carbocycles. The Balaban J connectivity index is 2.02. The van der Waals surface area contributed by atoms with Crippen LogP contribution in [0.15, 0.2) is 48.5 Å². The first-order valence-corrected chi connectivity index (χ1v) is 7.79. The summed E-state index contributed by atoms with van der Waals surface area (Å²) in [4.78, 5) is 26.2. The smallest absolute Gasteiger partial charge is 0.304 e. The number of halogens is 1. The topological polar surface area (TPSA) is 57.6 Å². The molecule has 1 aliphatic heterocycles. The van der Waals surface area contributed by atoms with E-state index in [-0.39, 0.29) is 12.3 Å². The monoisotopic (exact) mass is 327 g/mol. The van der Waals surface area contributed by atoms with Gasteiger partial charge in [0.2, 0.25) is 5.91 Å². The molecule has 124 valence electrons. The number of fused-ring (bicyclic) bond motifs is 1. The number of hydrogen-bond donors (Lipinski definition) is 1. The van der Waals surface area contributed by atoms with Crippen LogP contribution in [-0.4, -0.2) is 23.5 Å². The Labute approximate surface area is 139 Å². The van der Waals surface area contributed by atoms with Crippen molar-refractivity contribution >= 4 is 17.6 Å². The Morgan fingerprint density at radius 1 is 1.17 bits per heavy atom. The van der Waals surface area contributed by atoms with Gasteiger partial charge in [-0.3, -0.25) is 9.59 Å². The number of carboxylic acid groups (broad SMARTS) is 1. The molecular weight excluding hydrogens is 309 g/mol. The van der Waals surface area contributed by atoms with Crippen LogP contribution in [0.5, 0.6) is 0 Å². The van der Waals surface area contributed by atoms with Crippen LogP contribution in [0.1, 0.15) is 24.5 Å². The van der Waals surface area contributed by atoms with E-state index in [1.807, 2.05) is 24.3 Å². The van der Waals surface area contributed by atoms with Crippen molar-refractivity contribution in [3.8, 4) is 0 Å². The van der Waals surface area contributed by atoms with Crippen molar-refractivity contribution < 1.29 is 19.1 Å². The molecule has 1 aliphatic rings. The van der Waals surface area contributed by atoms with Crippen molar-refractivity contribution in [1.82, 2.24) is 0 Å². The lowest BCUT2D eigenvalue weighted by molar-refractivity contribution is -0.141. The summed E-state index contributed by atoms with van der Waals surface area (Å²) in [5.74, 6) is -1.76. The van der Waals surface area contributed by atoms with Crippen LogP contribution >= 0.6 is 0 Å². The number of amides is 1. The predicted octanol–water partition coefficient (Wildman–Crippen LogP) is 3.15. The maximum atomic E-state index is 13.2. The highest BCUT2D eigenvalue weighted by molar-refractivity contribution is 6.04. The van der Waals surface area contributed by atoms with Crippen LogP contribution < -0.4 is 4.90 Å². The first-order valence-electron chi connectivity index (χ1n) is 7.79. The van der Waals surface area contributed by atoms with Crippen LogP contribution in [0.3, 0.4) is 0 Å². The molecule has 0 saturated heterocycles. The first kappa shape index (κ1) is 16.2. The molecule has 0 bridgehead atoms. The largest absolute Gasteiger partial charge is 0.481 e. The minimum Gasteiger partial charge on any atom is -0.481 e. The van der Waals surface area contributed by atoms with Gasteiger partial charge in [-0.2, -0.15) is 0 Å². The zero-order valence-corrected chi connectivity index (χ0v) is 13.3. The van der Waals surface area contributed by atoms with Gasteiger partial charge in [-0.05, 0) is 42.7 Å². The number of aliphatic carboxylic acids is 1. The number of carbonyl (C=O) groups is 2. The highest BCUT2D eigenvalue weighted by atomic mass is 19.1. The van der Waals surface area contributed by atoms with Gasteiger partial charge in [-0.15, -0.1) is 0 Å². The fourth-order valence-electron chi connectivity index (χ4n) is 3.27. The molecule has 4 nitrogen and oxygen atoms in total. The van der Waals surface area contributed by atoms with Gasteiger partial charge in [0, 0.05) is 12.2 Å². The van der Waals surface area contributed by atoms with Gasteiger partial charge in [-0.25, -0.2) is 4.39 Å². The molecule has 0 aliphatic carbocycles. The lowest BCUT2D eigenvalue weighted by Crippen LogP contribution is -2.46. The summed E-state index contributed by atoms with van der Waals surface area (Å²) >= 11 is 0. The number of rotatable bonds is 4. The second kappa shape index (κ2) is 6.07. The Kier molecular flexibility index (Phi) is 4.09. The average molecular weight is 327 g/mol. The summed E-state index contributed by atoms with van der Waals surface area (Å²) in [5.41, 5.74) is 1.14. The van der Waals surface area contributed by atoms with Crippen molar-refractivity contribution in [1.29, 1.82) is 0 Å². The zero-order chi connectivity index (χ0) is 17.3. The maximum Gasteiger partial charge on any atom is 0.304 e. The van der Waals surface area contributed by atoms with Gasteiger partial charge in [0.05, 0.1) is 11.8 Å². The van der Waals surface area contributed by atoms with Crippen molar-refractivity contribution in [2.45, 2.75) is 25.2 Å². The third-order valence-corrected chi connectivity index (χ3v) is 4.59. The molecule has 1 atom stereocenters. The summed E-state index contributed by atoms with van der Waals surface area (Å²) in [5, 5.41) is 9.31. The molecule has 0 saturated carbocycles. The molecule has 3 rings (SSSR count). The zero-order valence-electron chi connectivity index (χ0n) is 13.3. The lowest BCUT2D eigenvalue weighted by Gasteiger charge is -2.32. The molecule has 2 aromatic rings. The third-order valence-electron chi connectivity index (χ3n) is 4.59. The Morgan fingerprint density at radius 2 is 1.83 bits per heavy atom. The molecule has 1 N–H and O–H groups in total. The SMILES string of the molecule is CC(CC(=O)O)(C(=O)N1CCc2ccccc21)c1ccc(F)cc1. The van der Waals surface area contributed by atoms with E-state index in [4.69, 9.17) is 0 Å². The number of para-hydroxylation sites is 1. The molecule has 5 heteroatoms. The standard InChI is InChI=1S/C19H18FNO3/c1-19(12-17(22)23,14-6-8-15(20)9-7-14)18(24)21-11-10-13-4-2-3-5-16(13)21/h2-9H,10-12H2,1H3,(H,22,23). The summed E-state index contributed by atoms with van der Waals surface area (Å²) in [6.45, 7) is 2.13. The van der Waals surface area contributed by atoms with Crippen molar-refractivity contribution in [2.24, 2.45) is 0 Å². The number of anilines is 1. The normalized spacial score (nSPS) is 15.7. The fraction of sp³-hybridized carbons (Fsp3) is 0.263. The molecule has 0 fully saturated rings. The minimum absolute atomic E-state index is 0.276. The Hall–Kier alpha value is -2.69. The molecule has 0 spiro atoms. The van der Waals surface area contributed by atoms with Crippen LogP contribution in [0.4, 0.5) is 10.1 Å². The summed E-state index contributed by atoms with van der Waals surface area (Å²) in [7, 11) is 0. The predicted molar refractivity (Wildman–Crippen MR) is 88.5 cm³/mol. The van der Waals surface area contributed by atoms with Crippen LogP contribution in [0.2, 0.25) is 0 Å². The van der Waals surface area contributed by atoms with Gasteiger partial charge >= 0.3 is 5.97 Å². The van der Waals surface area contributed by atoms with Crippen LogP contribution in [-0.2, 0) is 21.4 Å². The number of benzene rings is 2. The number of carbonyl (C=O) groups excluding carboxylic acids is 1. The van der Waals surface area contributed by atoms with E-state index in [2.05, 4.69) is 0 Å². The molecule has 0 aromatic heterocycles. The van der Waals surface area contributed by atoms with Crippen LogP contribution in [0, 0.1) is 5.82 Å². The van der Waals surface area contributed by atoms with Gasteiger partial charge in [0.1, 0.15) is 5.82 Å². The number of nitrogens with zero attached hydrogens (tertiary/aromatic N) is 1. The summed E-state index contributed by atoms with van der Waals surface area (Å²) in [6.07, 6.45) is 0.393.